The molecule has 0 saturated heterocycles. The van der Waals surface area contributed by atoms with E-state index in [1.54, 1.807) is 39.3 Å². The molecule has 0 radical (unpaired) electrons. The fraction of sp³-hybridized carbons (Fsp3) is 0.227. The van der Waals surface area contributed by atoms with Crippen LogP contribution in [0, 0.1) is 6.92 Å². The number of fused-ring (bicyclic) bond motifs is 1. The minimum atomic E-state index is -0.324. The fourth-order valence-electron chi connectivity index (χ4n) is 3.09. The van der Waals surface area contributed by atoms with E-state index in [1.165, 1.54) is 6.20 Å². The molecule has 0 atom stereocenters. The van der Waals surface area contributed by atoms with Crippen molar-refractivity contribution in [1.29, 1.82) is 0 Å². The summed E-state index contributed by atoms with van der Waals surface area (Å²) in [5.74, 6) is 2.71. The predicted molar refractivity (Wildman–Crippen MR) is 114 cm³/mol. The molecule has 0 spiro atoms. The van der Waals surface area contributed by atoms with Crippen LogP contribution < -0.4 is 29.6 Å². The first kappa shape index (κ1) is 20.3. The number of aryl methyl sites for hydroxylation is 1. The Morgan fingerprint density at radius 1 is 1.06 bits per heavy atom. The maximum Gasteiger partial charge on any atom is 0.259 e. The van der Waals surface area contributed by atoms with Crippen LogP contribution in [-0.2, 0) is 6.54 Å². The molecule has 1 aliphatic heterocycles. The number of nitrogens with zero attached hydrogens (tertiary/aromatic N) is 2. The summed E-state index contributed by atoms with van der Waals surface area (Å²) in [6, 6.07) is 10.9. The van der Waals surface area contributed by atoms with E-state index in [0.29, 0.717) is 40.9 Å². The quantitative estimate of drug-likeness (QED) is 0.597. The molecular formula is C22H22N4O5. The van der Waals surface area contributed by atoms with Crippen LogP contribution in [0.25, 0.3) is 0 Å². The number of hydrogen-bond acceptors (Lipinski definition) is 8. The summed E-state index contributed by atoms with van der Waals surface area (Å²) in [7, 11) is 3.10. The third-order valence-electron chi connectivity index (χ3n) is 4.72. The zero-order valence-corrected chi connectivity index (χ0v) is 17.4. The van der Waals surface area contributed by atoms with Gasteiger partial charge in [-0.05, 0) is 24.6 Å². The highest BCUT2D eigenvalue weighted by Crippen LogP contribution is 2.32. The van der Waals surface area contributed by atoms with Gasteiger partial charge in [0, 0.05) is 36.6 Å². The van der Waals surface area contributed by atoms with Crippen LogP contribution >= 0.6 is 0 Å². The number of nitrogens with one attached hydrogen (secondary N) is 2. The first-order valence-corrected chi connectivity index (χ1v) is 9.56. The maximum absolute atomic E-state index is 12.7. The molecule has 0 fully saturated rings. The van der Waals surface area contributed by atoms with Gasteiger partial charge >= 0.3 is 0 Å². The summed E-state index contributed by atoms with van der Waals surface area (Å²) in [4.78, 5) is 21.4. The van der Waals surface area contributed by atoms with Gasteiger partial charge in [0.15, 0.2) is 11.5 Å². The topological polar surface area (TPSA) is 104 Å². The average Bonchev–Trinajstić information content (AvgIpc) is 3.25. The van der Waals surface area contributed by atoms with E-state index in [9.17, 15) is 4.79 Å². The Morgan fingerprint density at radius 2 is 1.81 bits per heavy atom. The van der Waals surface area contributed by atoms with Gasteiger partial charge in [-0.1, -0.05) is 6.07 Å². The van der Waals surface area contributed by atoms with Crippen LogP contribution in [0.5, 0.6) is 23.0 Å². The molecular weight excluding hydrogens is 400 g/mol. The van der Waals surface area contributed by atoms with Crippen molar-refractivity contribution in [3.63, 3.8) is 0 Å². The molecule has 0 unspecified atom stereocenters. The third kappa shape index (κ3) is 4.61. The van der Waals surface area contributed by atoms with Crippen molar-refractivity contribution in [2.75, 3.05) is 31.6 Å². The first-order valence-electron chi connectivity index (χ1n) is 9.56. The Balaban J connectivity index is 1.43. The van der Waals surface area contributed by atoms with Gasteiger partial charge in [0.1, 0.15) is 11.5 Å². The van der Waals surface area contributed by atoms with Crippen molar-refractivity contribution in [1.82, 2.24) is 9.97 Å². The van der Waals surface area contributed by atoms with Crippen LogP contribution in [0.15, 0.2) is 42.6 Å². The van der Waals surface area contributed by atoms with E-state index in [0.717, 1.165) is 17.1 Å². The zero-order valence-electron chi connectivity index (χ0n) is 17.4. The van der Waals surface area contributed by atoms with Crippen molar-refractivity contribution in [3.05, 3.63) is 59.4 Å². The number of hydrogen-bond donors (Lipinski definition) is 2. The van der Waals surface area contributed by atoms with Crippen molar-refractivity contribution >= 4 is 17.5 Å². The Bertz CT molecular complexity index is 1100. The summed E-state index contributed by atoms with van der Waals surface area (Å²) >= 11 is 0. The number of methoxy groups -OCH3 is 2. The van der Waals surface area contributed by atoms with Crippen molar-refractivity contribution in [3.8, 4) is 23.0 Å². The molecule has 3 aromatic rings. The van der Waals surface area contributed by atoms with Crippen molar-refractivity contribution < 1.29 is 23.7 Å². The van der Waals surface area contributed by atoms with Gasteiger partial charge in [0.2, 0.25) is 12.7 Å². The monoisotopic (exact) mass is 422 g/mol. The molecule has 160 valence electrons. The van der Waals surface area contributed by atoms with Gasteiger partial charge in [0.05, 0.1) is 25.5 Å². The summed E-state index contributed by atoms with van der Waals surface area (Å²) in [5, 5.41) is 5.98. The second-order valence-corrected chi connectivity index (χ2v) is 6.79. The largest absolute Gasteiger partial charge is 0.497 e. The number of ether oxygens (including phenoxy) is 4. The highest BCUT2D eigenvalue weighted by molar-refractivity contribution is 6.05. The number of carbonyl (C=O) groups is 1. The SMILES string of the molecule is COc1cc(NC(=O)c2cnc(NCc3ccc4c(c3)OCO4)nc2C)cc(OC)c1. The molecule has 2 N–H and O–H groups in total. The Hall–Kier alpha value is -4.01. The molecule has 1 amide bonds. The van der Waals surface area contributed by atoms with Gasteiger partial charge < -0.3 is 29.6 Å². The van der Waals surface area contributed by atoms with Gasteiger partial charge in [-0.3, -0.25) is 4.79 Å². The molecule has 4 rings (SSSR count). The first-order chi connectivity index (χ1) is 15.1. The molecule has 0 aliphatic carbocycles. The van der Waals surface area contributed by atoms with E-state index in [2.05, 4.69) is 20.6 Å². The predicted octanol–water partition coefficient (Wildman–Crippen LogP) is 3.40. The van der Waals surface area contributed by atoms with Crippen LogP contribution in [0.3, 0.4) is 0 Å². The summed E-state index contributed by atoms with van der Waals surface area (Å²) in [6.45, 7) is 2.50. The van der Waals surface area contributed by atoms with E-state index in [-0.39, 0.29) is 12.7 Å². The molecule has 31 heavy (non-hydrogen) atoms. The molecule has 0 bridgehead atoms. The van der Waals surface area contributed by atoms with Gasteiger partial charge in [-0.25, -0.2) is 9.97 Å². The van der Waals surface area contributed by atoms with Crippen LogP contribution in [0.1, 0.15) is 21.6 Å². The summed E-state index contributed by atoms with van der Waals surface area (Å²) < 4.78 is 21.2. The van der Waals surface area contributed by atoms with Gasteiger partial charge in [-0.2, -0.15) is 0 Å². The zero-order chi connectivity index (χ0) is 21.8. The molecule has 2 aromatic carbocycles. The maximum atomic E-state index is 12.7. The Kier molecular flexibility index (Phi) is 5.74. The summed E-state index contributed by atoms with van der Waals surface area (Å²) in [6.07, 6.45) is 1.50. The van der Waals surface area contributed by atoms with Crippen molar-refractivity contribution in [2.45, 2.75) is 13.5 Å². The lowest BCUT2D eigenvalue weighted by Crippen LogP contribution is -2.16. The molecule has 0 saturated carbocycles. The molecule has 1 aliphatic rings. The fourth-order valence-corrected chi connectivity index (χ4v) is 3.09. The highest BCUT2D eigenvalue weighted by atomic mass is 16.7. The van der Waals surface area contributed by atoms with Crippen molar-refractivity contribution in [2.24, 2.45) is 0 Å². The Labute approximate surface area is 179 Å². The second kappa shape index (κ2) is 8.78. The van der Waals surface area contributed by atoms with E-state index < -0.39 is 0 Å². The number of amides is 1. The van der Waals surface area contributed by atoms with Crippen LogP contribution in [0.2, 0.25) is 0 Å². The second-order valence-electron chi connectivity index (χ2n) is 6.79. The van der Waals surface area contributed by atoms with Crippen LogP contribution in [-0.4, -0.2) is 36.9 Å². The highest BCUT2D eigenvalue weighted by Gasteiger charge is 2.15. The lowest BCUT2D eigenvalue weighted by atomic mass is 10.2. The minimum absolute atomic E-state index is 0.237. The lowest BCUT2D eigenvalue weighted by Gasteiger charge is -2.11. The van der Waals surface area contributed by atoms with E-state index in [1.807, 2.05) is 18.2 Å². The average molecular weight is 422 g/mol. The molecule has 9 nitrogen and oxygen atoms in total. The Morgan fingerprint density at radius 3 is 2.52 bits per heavy atom. The minimum Gasteiger partial charge on any atom is -0.497 e. The standard InChI is InChI=1S/C22H22N4O5/c1-13-18(21(27)26-15-7-16(28-2)9-17(8-15)29-3)11-24-22(25-13)23-10-14-4-5-19-20(6-14)31-12-30-19/h4-9,11H,10,12H2,1-3H3,(H,26,27)(H,23,24,25). The van der Waals surface area contributed by atoms with Gasteiger partial charge in [0.25, 0.3) is 5.91 Å². The molecule has 1 aromatic heterocycles. The normalized spacial score (nSPS) is 11.7. The number of carbonyl (C=O) groups excluding carboxylic acids is 1. The smallest absolute Gasteiger partial charge is 0.259 e. The van der Waals surface area contributed by atoms with E-state index in [4.69, 9.17) is 18.9 Å². The third-order valence-corrected chi connectivity index (χ3v) is 4.72. The molecule has 9 heteroatoms. The van der Waals surface area contributed by atoms with E-state index >= 15 is 0 Å². The van der Waals surface area contributed by atoms with Crippen LogP contribution in [0.4, 0.5) is 11.6 Å². The number of rotatable bonds is 7. The number of benzene rings is 2. The lowest BCUT2D eigenvalue weighted by molar-refractivity contribution is 0.102. The number of aromatic nitrogens is 2. The van der Waals surface area contributed by atoms with Gasteiger partial charge in [-0.15, -0.1) is 0 Å². The number of anilines is 2. The summed E-state index contributed by atoms with van der Waals surface area (Å²) in [5.41, 5.74) is 2.47. The molecule has 2 heterocycles.